The number of rotatable bonds is 6. The summed E-state index contributed by atoms with van der Waals surface area (Å²) in [6.45, 7) is 1.92. The number of benzene rings is 1. The zero-order valence-corrected chi connectivity index (χ0v) is 10.8. The van der Waals surface area contributed by atoms with Crippen LogP contribution in [-0.2, 0) is 4.79 Å². The van der Waals surface area contributed by atoms with E-state index in [-0.39, 0.29) is 17.7 Å². The third-order valence-corrected chi connectivity index (χ3v) is 2.53. The van der Waals surface area contributed by atoms with E-state index in [0.29, 0.717) is 17.9 Å². The highest BCUT2D eigenvalue weighted by molar-refractivity contribution is 5.91. The van der Waals surface area contributed by atoms with E-state index in [1.54, 1.807) is 12.1 Å². The summed E-state index contributed by atoms with van der Waals surface area (Å²) < 4.78 is 4.92. The number of amides is 1. The predicted octanol–water partition coefficient (Wildman–Crippen LogP) is 1.86. The Morgan fingerprint density at radius 3 is 2.83 bits per heavy atom. The first-order valence-corrected chi connectivity index (χ1v) is 5.95. The van der Waals surface area contributed by atoms with E-state index in [0.717, 1.165) is 12.8 Å². The van der Waals surface area contributed by atoms with Crippen molar-refractivity contribution >= 4 is 11.6 Å². The number of carbonyl (C=O) groups excluding carboxylic acids is 1. The Morgan fingerprint density at radius 2 is 2.28 bits per heavy atom. The molecule has 1 amide bonds. The Balaban J connectivity index is 2.47. The van der Waals surface area contributed by atoms with Crippen molar-refractivity contribution in [3.8, 4) is 11.5 Å². The van der Waals surface area contributed by atoms with Gasteiger partial charge in [-0.2, -0.15) is 0 Å². The van der Waals surface area contributed by atoms with Gasteiger partial charge in [-0.25, -0.2) is 0 Å². The topological polar surface area (TPSA) is 84.6 Å². The van der Waals surface area contributed by atoms with Gasteiger partial charge in [0.2, 0.25) is 5.91 Å². The summed E-state index contributed by atoms with van der Waals surface area (Å²) in [6.07, 6.45) is 2.00. The van der Waals surface area contributed by atoms with Gasteiger partial charge in [0.05, 0.1) is 7.11 Å². The minimum atomic E-state index is -0.0831. The molecule has 18 heavy (non-hydrogen) atoms. The maximum Gasteiger partial charge on any atom is 0.224 e. The smallest absolute Gasteiger partial charge is 0.224 e. The SMILES string of the molecule is COc1ccc(NC(=O)CCCC(C)N)cc1O. The lowest BCUT2D eigenvalue weighted by molar-refractivity contribution is -0.116. The van der Waals surface area contributed by atoms with E-state index < -0.39 is 0 Å². The molecule has 5 heteroatoms. The van der Waals surface area contributed by atoms with Crippen LogP contribution in [0.2, 0.25) is 0 Å². The summed E-state index contributed by atoms with van der Waals surface area (Å²) in [5, 5.41) is 12.3. The molecule has 5 nitrogen and oxygen atoms in total. The van der Waals surface area contributed by atoms with Crippen molar-refractivity contribution in [2.75, 3.05) is 12.4 Å². The molecular weight excluding hydrogens is 232 g/mol. The number of anilines is 1. The van der Waals surface area contributed by atoms with Crippen LogP contribution >= 0.6 is 0 Å². The Kier molecular flexibility index (Phi) is 5.45. The number of nitrogens with two attached hydrogens (primary N) is 1. The van der Waals surface area contributed by atoms with Gasteiger partial charge in [-0.1, -0.05) is 0 Å². The number of phenols is 1. The van der Waals surface area contributed by atoms with Crippen LogP contribution < -0.4 is 15.8 Å². The number of phenolic OH excluding ortho intramolecular Hbond substituents is 1. The number of nitrogens with one attached hydrogen (secondary N) is 1. The zero-order chi connectivity index (χ0) is 13.5. The fourth-order valence-electron chi connectivity index (χ4n) is 1.58. The number of hydrogen-bond donors (Lipinski definition) is 3. The van der Waals surface area contributed by atoms with E-state index in [2.05, 4.69) is 5.32 Å². The first-order chi connectivity index (χ1) is 8.52. The van der Waals surface area contributed by atoms with E-state index in [4.69, 9.17) is 10.5 Å². The molecule has 0 spiro atoms. The molecule has 0 aliphatic carbocycles. The largest absolute Gasteiger partial charge is 0.504 e. The summed E-state index contributed by atoms with van der Waals surface area (Å²) in [5.41, 5.74) is 6.16. The normalized spacial score (nSPS) is 11.9. The third-order valence-electron chi connectivity index (χ3n) is 2.53. The van der Waals surface area contributed by atoms with Gasteiger partial charge in [0.25, 0.3) is 0 Å². The van der Waals surface area contributed by atoms with Crippen molar-refractivity contribution in [2.45, 2.75) is 32.2 Å². The molecule has 1 rings (SSSR count). The van der Waals surface area contributed by atoms with E-state index in [9.17, 15) is 9.90 Å². The zero-order valence-electron chi connectivity index (χ0n) is 10.8. The van der Waals surface area contributed by atoms with Crippen LogP contribution in [0.15, 0.2) is 18.2 Å². The van der Waals surface area contributed by atoms with Crippen LogP contribution in [0.25, 0.3) is 0 Å². The van der Waals surface area contributed by atoms with Crippen LogP contribution in [0.5, 0.6) is 11.5 Å². The number of hydrogen-bond acceptors (Lipinski definition) is 4. The lowest BCUT2D eigenvalue weighted by Gasteiger charge is -2.08. The molecule has 1 atom stereocenters. The van der Waals surface area contributed by atoms with Gasteiger partial charge < -0.3 is 20.9 Å². The molecule has 1 aromatic carbocycles. The fraction of sp³-hybridized carbons (Fsp3) is 0.462. The van der Waals surface area contributed by atoms with Gasteiger partial charge in [-0.15, -0.1) is 0 Å². The Bertz CT molecular complexity index is 405. The molecule has 0 bridgehead atoms. The molecule has 0 fully saturated rings. The molecule has 0 saturated heterocycles. The Morgan fingerprint density at radius 1 is 1.56 bits per heavy atom. The highest BCUT2D eigenvalue weighted by Crippen LogP contribution is 2.28. The summed E-state index contributed by atoms with van der Waals surface area (Å²) >= 11 is 0. The van der Waals surface area contributed by atoms with Gasteiger partial charge in [0, 0.05) is 24.2 Å². The van der Waals surface area contributed by atoms with Crippen molar-refractivity contribution < 1.29 is 14.6 Å². The van der Waals surface area contributed by atoms with Crippen molar-refractivity contribution in [1.29, 1.82) is 0 Å². The van der Waals surface area contributed by atoms with Crippen molar-refractivity contribution in [3.05, 3.63) is 18.2 Å². The molecule has 1 unspecified atom stereocenters. The Labute approximate surface area is 107 Å². The second-order valence-corrected chi connectivity index (χ2v) is 4.30. The molecule has 0 radical (unpaired) electrons. The van der Waals surface area contributed by atoms with Gasteiger partial charge in [-0.05, 0) is 31.9 Å². The standard InChI is InChI=1S/C13H20N2O3/c1-9(14)4-3-5-13(17)15-10-6-7-12(18-2)11(16)8-10/h6-9,16H,3-5,14H2,1-2H3,(H,15,17). The summed E-state index contributed by atoms with van der Waals surface area (Å²) in [7, 11) is 1.47. The van der Waals surface area contributed by atoms with E-state index in [1.165, 1.54) is 13.2 Å². The second kappa shape index (κ2) is 6.86. The van der Waals surface area contributed by atoms with Gasteiger partial charge in [0.15, 0.2) is 11.5 Å². The average Bonchev–Trinajstić information content (AvgIpc) is 2.28. The molecule has 0 aromatic heterocycles. The molecule has 1 aromatic rings. The second-order valence-electron chi connectivity index (χ2n) is 4.30. The molecule has 0 heterocycles. The number of aromatic hydroxyl groups is 1. The quantitative estimate of drug-likeness (QED) is 0.721. The minimum absolute atomic E-state index is 0.00544. The maximum absolute atomic E-state index is 11.6. The minimum Gasteiger partial charge on any atom is -0.504 e. The maximum atomic E-state index is 11.6. The van der Waals surface area contributed by atoms with E-state index >= 15 is 0 Å². The highest BCUT2D eigenvalue weighted by Gasteiger charge is 2.06. The number of ether oxygens (including phenoxy) is 1. The van der Waals surface area contributed by atoms with Crippen LogP contribution in [0.3, 0.4) is 0 Å². The van der Waals surface area contributed by atoms with Gasteiger partial charge in [0.1, 0.15) is 0 Å². The summed E-state index contributed by atoms with van der Waals surface area (Å²) in [6, 6.07) is 4.86. The Hall–Kier alpha value is -1.75. The van der Waals surface area contributed by atoms with Crippen LogP contribution in [0.4, 0.5) is 5.69 Å². The van der Waals surface area contributed by atoms with Crippen molar-refractivity contribution in [2.24, 2.45) is 5.73 Å². The molecule has 0 aliphatic heterocycles. The third kappa shape index (κ3) is 4.63. The first-order valence-electron chi connectivity index (χ1n) is 5.95. The molecular formula is C13H20N2O3. The first kappa shape index (κ1) is 14.3. The molecule has 0 saturated carbocycles. The number of methoxy groups -OCH3 is 1. The highest BCUT2D eigenvalue weighted by atomic mass is 16.5. The van der Waals surface area contributed by atoms with Crippen molar-refractivity contribution in [3.63, 3.8) is 0 Å². The average molecular weight is 252 g/mol. The van der Waals surface area contributed by atoms with E-state index in [1.807, 2.05) is 6.92 Å². The number of carbonyl (C=O) groups is 1. The molecule has 4 N–H and O–H groups in total. The fourth-order valence-corrected chi connectivity index (χ4v) is 1.58. The van der Waals surface area contributed by atoms with Crippen LogP contribution in [0, 0.1) is 0 Å². The van der Waals surface area contributed by atoms with Crippen LogP contribution in [0.1, 0.15) is 26.2 Å². The molecule has 0 aliphatic rings. The van der Waals surface area contributed by atoms with Gasteiger partial charge >= 0.3 is 0 Å². The molecule has 100 valence electrons. The van der Waals surface area contributed by atoms with Crippen molar-refractivity contribution in [1.82, 2.24) is 0 Å². The van der Waals surface area contributed by atoms with Crippen LogP contribution in [-0.4, -0.2) is 24.2 Å². The van der Waals surface area contributed by atoms with Gasteiger partial charge in [-0.3, -0.25) is 4.79 Å². The lowest BCUT2D eigenvalue weighted by Crippen LogP contribution is -2.16. The lowest BCUT2D eigenvalue weighted by atomic mass is 10.1. The summed E-state index contributed by atoms with van der Waals surface area (Å²) in [4.78, 5) is 11.6. The monoisotopic (exact) mass is 252 g/mol. The predicted molar refractivity (Wildman–Crippen MR) is 70.8 cm³/mol. The summed E-state index contributed by atoms with van der Waals surface area (Å²) in [5.74, 6) is 0.302.